The summed E-state index contributed by atoms with van der Waals surface area (Å²) in [5, 5.41) is 0. The smallest absolute Gasteiger partial charge is 0.105 e. The Labute approximate surface area is 126 Å². The van der Waals surface area contributed by atoms with E-state index in [1.807, 2.05) is 0 Å². The van der Waals surface area contributed by atoms with E-state index in [9.17, 15) is 0 Å². The van der Waals surface area contributed by atoms with Gasteiger partial charge in [-0.3, -0.25) is 0 Å². The van der Waals surface area contributed by atoms with Crippen LogP contribution in [0.25, 0.3) is 0 Å². The Hall–Kier alpha value is -2.35. The number of hydrogen-bond acceptors (Lipinski definition) is 1. The summed E-state index contributed by atoms with van der Waals surface area (Å²) < 4.78 is 2.21. The first kappa shape index (κ1) is 13.6. The molecule has 3 aromatic rings. The van der Waals surface area contributed by atoms with Gasteiger partial charge in [0.15, 0.2) is 0 Å². The van der Waals surface area contributed by atoms with Gasteiger partial charge >= 0.3 is 0 Å². The fourth-order valence-corrected chi connectivity index (χ4v) is 2.66. The number of rotatable bonds is 4. The van der Waals surface area contributed by atoms with Crippen molar-refractivity contribution in [1.82, 2.24) is 9.55 Å². The molecule has 2 aromatic carbocycles. The highest BCUT2D eigenvalue weighted by Crippen LogP contribution is 2.18. The van der Waals surface area contributed by atoms with Crippen LogP contribution in [0.2, 0.25) is 0 Å². The number of benzene rings is 2. The van der Waals surface area contributed by atoms with Crippen LogP contribution in [0.1, 0.15) is 28.3 Å². The van der Waals surface area contributed by atoms with Crippen molar-refractivity contribution in [3.63, 3.8) is 0 Å². The van der Waals surface area contributed by atoms with Crippen molar-refractivity contribution in [2.45, 2.75) is 19.8 Å². The normalized spacial score (nSPS) is 10.8. The molecule has 0 aliphatic carbocycles. The molecule has 21 heavy (non-hydrogen) atoms. The van der Waals surface area contributed by atoms with Gasteiger partial charge in [0.1, 0.15) is 5.82 Å². The van der Waals surface area contributed by atoms with Gasteiger partial charge in [0.25, 0.3) is 0 Å². The zero-order valence-electron chi connectivity index (χ0n) is 12.6. The van der Waals surface area contributed by atoms with Gasteiger partial charge < -0.3 is 4.57 Å². The largest absolute Gasteiger partial charge is 0.335 e. The lowest BCUT2D eigenvalue weighted by molar-refractivity contribution is 0.803. The standard InChI is InChI=1S/C19H20N2/c1-15-20-18(13-16-9-5-3-6-10-16)19(21(15)2)14-17-11-7-4-8-12-17/h3-12H,13-14H2,1-2H3. The minimum Gasteiger partial charge on any atom is -0.335 e. The van der Waals surface area contributed by atoms with Gasteiger partial charge in [-0.2, -0.15) is 0 Å². The molecule has 2 heteroatoms. The Bertz CT molecular complexity index is 712. The Morgan fingerprint density at radius 1 is 0.810 bits per heavy atom. The molecule has 0 saturated carbocycles. The van der Waals surface area contributed by atoms with Crippen LogP contribution in [0.5, 0.6) is 0 Å². The Morgan fingerprint density at radius 2 is 1.33 bits per heavy atom. The highest BCUT2D eigenvalue weighted by atomic mass is 15.1. The second-order valence-corrected chi connectivity index (χ2v) is 5.44. The summed E-state index contributed by atoms with van der Waals surface area (Å²) in [5.74, 6) is 1.08. The van der Waals surface area contributed by atoms with E-state index in [1.54, 1.807) is 0 Å². The average molecular weight is 276 g/mol. The molecule has 0 aliphatic rings. The molecule has 1 aromatic heterocycles. The summed E-state index contributed by atoms with van der Waals surface area (Å²) in [6.07, 6.45) is 1.82. The maximum atomic E-state index is 4.76. The molecular weight excluding hydrogens is 256 g/mol. The maximum absolute atomic E-state index is 4.76. The molecule has 3 rings (SSSR count). The first-order valence-electron chi connectivity index (χ1n) is 7.33. The van der Waals surface area contributed by atoms with Crippen molar-refractivity contribution in [2.24, 2.45) is 7.05 Å². The predicted molar refractivity (Wildman–Crippen MR) is 86.4 cm³/mol. The van der Waals surface area contributed by atoms with Gasteiger partial charge in [-0.1, -0.05) is 60.7 Å². The van der Waals surface area contributed by atoms with E-state index >= 15 is 0 Å². The predicted octanol–water partition coefficient (Wildman–Crippen LogP) is 3.91. The molecule has 2 nitrogen and oxygen atoms in total. The van der Waals surface area contributed by atoms with E-state index in [4.69, 9.17) is 4.98 Å². The fourth-order valence-electron chi connectivity index (χ4n) is 2.66. The first-order chi connectivity index (χ1) is 10.2. The molecule has 0 bridgehead atoms. The number of aromatic nitrogens is 2. The summed E-state index contributed by atoms with van der Waals surface area (Å²) in [7, 11) is 2.11. The van der Waals surface area contributed by atoms with Crippen LogP contribution in [0.3, 0.4) is 0 Å². The first-order valence-corrected chi connectivity index (χ1v) is 7.33. The van der Waals surface area contributed by atoms with Gasteiger partial charge in [0.2, 0.25) is 0 Å². The van der Waals surface area contributed by atoms with Crippen LogP contribution < -0.4 is 0 Å². The van der Waals surface area contributed by atoms with Crippen LogP contribution >= 0.6 is 0 Å². The SMILES string of the molecule is Cc1nc(Cc2ccccc2)c(Cc2ccccc2)n1C. The zero-order valence-corrected chi connectivity index (χ0v) is 12.6. The summed E-state index contributed by atoms with van der Waals surface area (Å²) in [6, 6.07) is 21.1. The lowest BCUT2D eigenvalue weighted by Crippen LogP contribution is -2.02. The summed E-state index contributed by atoms with van der Waals surface area (Å²) in [6.45, 7) is 2.07. The lowest BCUT2D eigenvalue weighted by Gasteiger charge is -2.07. The third kappa shape index (κ3) is 3.05. The average Bonchev–Trinajstić information content (AvgIpc) is 2.77. The van der Waals surface area contributed by atoms with E-state index in [2.05, 4.69) is 79.2 Å². The highest BCUT2D eigenvalue weighted by molar-refractivity contribution is 5.30. The van der Waals surface area contributed by atoms with E-state index in [-0.39, 0.29) is 0 Å². The van der Waals surface area contributed by atoms with Crippen molar-refractivity contribution in [2.75, 3.05) is 0 Å². The fraction of sp³-hybridized carbons (Fsp3) is 0.211. The number of nitrogens with zero attached hydrogens (tertiary/aromatic N) is 2. The molecule has 0 amide bonds. The zero-order chi connectivity index (χ0) is 14.7. The summed E-state index contributed by atoms with van der Waals surface area (Å²) in [5.41, 5.74) is 5.13. The quantitative estimate of drug-likeness (QED) is 0.706. The second kappa shape index (κ2) is 5.96. The molecule has 0 saturated heterocycles. The molecule has 0 atom stereocenters. The number of hydrogen-bond donors (Lipinski definition) is 0. The second-order valence-electron chi connectivity index (χ2n) is 5.44. The monoisotopic (exact) mass is 276 g/mol. The van der Waals surface area contributed by atoms with Crippen molar-refractivity contribution in [3.8, 4) is 0 Å². The van der Waals surface area contributed by atoms with Crippen LogP contribution in [0.15, 0.2) is 60.7 Å². The third-order valence-electron chi connectivity index (χ3n) is 3.95. The van der Waals surface area contributed by atoms with Crippen LogP contribution in [-0.2, 0) is 19.9 Å². The molecular formula is C19H20N2. The minimum atomic E-state index is 0.894. The molecule has 106 valence electrons. The topological polar surface area (TPSA) is 17.8 Å². The van der Waals surface area contributed by atoms with Crippen molar-refractivity contribution >= 4 is 0 Å². The lowest BCUT2D eigenvalue weighted by atomic mass is 10.0. The summed E-state index contributed by atoms with van der Waals surface area (Å²) >= 11 is 0. The maximum Gasteiger partial charge on any atom is 0.105 e. The Balaban J connectivity index is 1.92. The number of imidazole rings is 1. The summed E-state index contributed by atoms with van der Waals surface area (Å²) in [4.78, 5) is 4.76. The molecule has 0 radical (unpaired) electrons. The van der Waals surface area contributed by atoms with Crippen LogP contribution in [0, 0.1) is 6.92 Å². The van der Waals surface area contributed by atoms with E-state index in [1.165, 1.54) is 22.5 Å². The molecule has 0 unspecified atom stereocenters. The van der Waals surface area contributed by atoms with Gasteiger partial charge in [-0.25, -0.2) is 4.98 Å². The molecule has 0 spiro atoms. The van der Waals surface area contributed by atoms with Crippen molar-refractivity contribution in [1.29, 1.82) is 0 Å². The Morgan fingerprint density at radius 3 is 1.90 bits per heavy atom. The Kier molecular flexibility index (Phi) is 3.87. The molecule has 1 heterocycles. The van der Waals surface area contributed by atoms with Crippen LogP contribution in [-0.4, -0.2) is 9.55 Å². The van der Waals surface area contributed by atoms with Gasteiger partial charge in [-0.05, 0) is 18.1 Å². The molecule has 0 aliphatic heterocycles. The van der Waals surface area contributed by atoms with E-state index < -0.39 is 0 Å². The van der Waals surface area contributed by atoms with Crippen molar-refractivity contribution in [3.05, 3.63) is 89.0 Å². The molecule has 0 fully saturated rings. The number of aryl methyl sites for hydroxylation is 1. The van der Waals surface area contributed by atoms with Gasteiger partial charge in [0.05, 0.1) is 5.69 Å². The minimum absolute atomic E-state index is 0.894. The van der Waals surface area contributed by atoms with Crippen LogP contribution in [0.4, 0.5) is 0 Å². The third-order valence-corrected chi connectivity index (χ3v) is 3.95. The van der Waals surface area contributed by atoms with E-state index in [0.29, 0.717) is 0 Å². The highest BCUT2D eigenvalue weighted by Gasteiger charge is 2.13. The van der Waals surface area contributed by atoms with Crippen molar-refractivity contribution < 1.29 is 0 Å². The van der Waals surface area contributed by atoms with Gasteiger partial charge in [-0.15, -0.1) is 0 Å². The van der Waals surface area contributed by atoms with Gasteiger partial charge in [0, 0.05) is 25.6 Å². The molecule has 0 N–H and O–H groups in total. The van der Waals surface area contributed by atoms with E-state index in [0.717, 1.165) is 18.7 Å².